The summed E-state index contributed by atoms with van der Waals surface area (Å²) < 4.78 is 0. The average molecular weight is 184 g/mol. The van der Waals surface area contributed by atoms with E-state index in [2.05, 4.69) is 10.2 Å². The van der Waals surface area contributed by atoms with E-state index in [9.17, 15) is 0 Å². The third-order valence-corrected chi connectivity index (χ3v) is 3.39. The molecular formula is C10H20N2O. The van der Waals surface area contributed by atoms with E-state index in [4.69, 9.17) is 5.11 Å². The molecule has 0 aromatic heterocycles. The Balaban J connectivity index is 1.94. The first-order valence-corrected chi connectivity index (χ1v) is 5.50. The molecule has 1 aliphatic carbocycles. The fourth-order valence-corrected chi connectivity index (χ4v) is 2.75. The second-order valence-corrected chi connectivity index (χ2v) is 4.17. The molecule has 2 fully saturated rings. The van der Waals surface area contributed by atoms with Crippen LogP contribution in [0.5, 0.6) is 0 Å². The van der Waals surface area contributed by atoms with Gasteiger partial charge in [-0.1, -0.05) is 12.8 Å². The SMILES string of the molecule is OCCN1CCNC2CCCCC21. The highest BCUT2D eigenvalue weighted by Crippen LogP contribution is 2.24. The molecule has 1 heterocycles. The van der Waals surface area contributed by atoms with Gasteiger partial charge < -0.3 is 10.4 Å². The third-order valence-electron chi connectivity index (χ3n) is 3.39. The lowest BCUT2D eigenvalue weighted by molar-refractivity contribution is 0.0709. The van der Waals surface area contributed by atoms with Crippen LogP contribution in [-0.4, -0.2) is 48.3 Å². The molecule has 0 aromatic rings. The van der Waals surface area contributed by atoms with Crippen LogP contribution in [0.3, 0.4) is 0 Å². The summed E-state index contributed by atoms with van der Waals surface area (Å²) in [6, 6.07) is 1.41. The van der Waals surface area contributed by atoms with Crippen molar-refractivity contribution >= 4 is 0 Å². The molecule has 13 heavy (non-hydrogen) atoms. The first-order chi connectivity index (χ1) is 6.42. The summed E-state index contributed by atoms with van der Waals surface area (Å²) in [5, 5.41) is 12.5. The van der Waals surface area contributed by atoms with Crippen molar-refractivity contribution in [1.82, 2.24) is 10.2 Å². The Hall–Kier alpha value is -0.120. The molecular weight excluding hydrogens is 164 g/mol. The molecule has 3 heteroatoms. The van der Waals surface area contributed by atoms with E-state index in [1.165, 1.54) is 25.7 Å². The smallest absolute Gasteiger partial charge is 0.0558 e. The van der Waals surface area contributed by atoms with Gasteiger partial charge in [-0.15, -0.1) is 0 Å². The zero-order valence-corrected chi connectivity index (χ0v) is 8.21. The largest absolute Gasteiger partial charge is 0.395 e. The quantitative estimate of drug-likeness (QED) is 0.643. The Kier molecular flexibility index (Phi) is 3.19. The van der Waals surface area contributed by atoms with E-state index >= 15 is 0 Å². The summed E-state index contributed by atoms with van der Waals surface area (Å²) in [7, 11) is 0. The molecule has 3 nitrogen and oxygen atoms in total. The predicted octanol–water partition coefficient (Wildman–Crippen LogP) is 0.195. The summed E-state index contributed by atoms with van der Waals surface area (Å²) >= 11 is 0. The van der Waals surface area contributed by atoms with Gasteiger partial charge >= 0.3 is 0 Å². The van der Waals surface area contributed by atoms with E-state index in [1.807, 2.05) is 0 Å². The van der Waals surface area contributed by atoms with Crippen LogP contribution in [-0.2, 0) is 0 Å². The first kappa shape index (κ1) is 9.44. The molecule has 0 radical (unpaired) electrons. The van der Waals surface area contributed by atoms with E-state index in [0.717, 1.165) is 19.6 Å². The van der Waals surface area contributed by atoms with Gasteiger partial charge in [0, 0.05) is 31.7 Å². The second kappa shape index (κ2) is 4.40. The molecule has 0 aromatic carbocycles. The highest BCUT2D eigenvalue weighted by atomic mass is 16.3. The molecule has 76 valence electrons. The Morgan fingerprint density at radius 2 is 2.15 bits per heavy atom. The minimum absolute atomic E-state index is 0.309. The number of aliphatic hydroxyl groups is 1. The maximum Gasteiger partial charge on any atom is 0.0558 e. The molecule has 0 spiro atoms. The molecule has 1 saturated carbocycles. The van der Waals surface area contributed by atoms with Crippen molar-refractivity contribution in [3.63, 3.8) is 0 Å². The van der Waals surface area contributed by atoms with Crippen molar-refractivity contribution in [3.05, 3.63) is 0 Å². The number of hydrogen-bond donors (Lipinski definition) is 2. The maximum absolute atomic E-state index is 8.95. The van der Waals surface area contributed by atoms with Gasteiger partial charge in [-0.25, -0.2) is 0 Å². The highest BCUT2D eigenvalue weighted by Gasteiger charge is 2.32. The molecule has 0 amide bonds. The fourth-order valence-electron chi connectivity index (χ4n) is 2.75. The normalized spacial score (nSPS) is 35.8. The van der Waals surface area contributed by atoms with Crippen molar-refractivity contribution in [2.24, 2.45) is 0 Å². The molecule has 2 unspecified atom stereocenters. The van der Waals surface area contributed by atoms with Crippen LogP contribution in [0.15, 0.2) is 0 Å². The van der Waals surface area contributed by atoms with Crippen molar-refractivity contribution in [2.45, 2.75) is 37.8 Å². The summed E-state index contributed by atoms with van der Waals surface area (Å²) in [4.78, 5) is 2.46. The van der Waals surface area contributed by atoms with Crippen LogP contribution >= 0.6 is 0 Å². The monoisotopic (exact) mass is 184 g/mol. The van der Waals surface area contributed by atoms with Gasteiger partial charge in [0.2, 0.25) is 0 Å². The number of fused-ring (bicyclic) bond motifs is 1. The van der Waals surface area contributed by atoms with Crippen LogP contribution in [0.25, 0.3) is 0 Å². The van der Waals surface area contributed by atoms with Gasteiger partial charge in [0.1, 0.15) is 0 Å². The summed E-state index contributed by atoms with van der Waals surface area (Å²) in [5.41, 5.74) is 0. The maximum atomic E-state index is 8.95. The number of nitrogens with zero attached hydrogens (tertiary/aromatic N) is 1. The van der Waals surface area contributed by atoms with Crippen molar-refractivity contribution < 1.29 is 5.11 Å². The zero-order valence-electron chi connectivity index (χ0n) is 8.21. The highest BCUT2D eigenvalue weighted by molar-refractivity contribution is 4.91. The van der Waals surface area contributed by atoms with Crippen LogP contribution < -0.4 is 5.32 Å². The van der Waals surface area contributed by atoms with Crippen LogP contribution in [0.4, 0.5) is 0 Å². The lowest BCUT2D eigenvalue weighted by Gasteiger charge is -2.44. The topological polar surface area (TPSA) is 35.5 Å². The molecule has 2 rings (SSSR count). The number of β-amino-alcohol motifs (C(OH)–C–C–N with tert-alkyl or cyclic N) is 1. The zero-order chi connectivity index (χ0) is 9.10. The Morgan fingerprint density at radius 3 is 3.00 bits per heavy atom. The number of hydrogen-bond acceptors (Lipinski definition) is 3. The second-order valence-electron chi connectivity index (χ2n) is 4.17. The van der Waals surface area contributed by atoms with Gasteiger partial charge in [-0.3, -0.25) is 4.90 Å². The summed E-state index contributed by atoms with van der Waals surface area (Å²) in [5.74, 6) is 0. The van der Waals surface area contributed by atoms with E-state index < -0.39 is 0 Å². The summed E-state index contributed by atoms with van der Waals surface area (Å²) in [6.07, 6.45) is 5.39. The van der Waals surface area contributed by atoms with E-state index in [0.29, 0.717) is 18.7 Å². The Labute approximate surface area is 80.1 Å². The van der Waals surface area contributed by atoms with Crippen molar-refractivity contribution in [1.29, 1.82) is 0 Å². The van der Waals surface area contributed by atoms with E-state index in [-0.39, 0.29) is 0 Å². The van der Waals surface area contributed by atoms with E-state index in [1.54, 1.807) is 0 Å². The number of rotatable bonds is 2. The van der Waals surface area contributed by atoms with Crippen LogP contribution in [0, 0.1) is 0 Å². The third kappa shape index (κ3) is 2.03. The minimum atomic E-state index is 0.309. The van der Waals surface area contributed by atoms with Crippen molar-refractivity contribution in [3.8, 4) is 0 Å². The van der Waals surface area contributed by atoms with Crippen LogP contribution in [0.2, 0.25) is 0 Å². The van der Waals surface area contributed by atoms with Gasteiger partial charge in [-0.05, 0) is 12.8 Å². The minimum Gasteiger partial charge on any atom is -0.395 e. The summed E-state index contributed by atoms with van der Waals surface area (Å²) in [6.45, 7) is 3.38. The van der Waals surface area contributed by atoms with Crippen LogP contribution in [0.1, 0.15) is 25.7 Å². The number of aliphatic hydroxyl groups excluding tert-OH is 1. The van der Waals surface area contributed by atoms with Gasteiger partial charge in [0.15, 0.2) is 0 Å². The molecule has 2 N–H and O–H groups in total. The number of piperazine rings is 1. The molecule has 0 bridgehead atoms. The lowest BCUT2D eigenvalue weighted by atomic mass is 9.87. The molecule has 2 atom stereocenters. The fraction of sp³-hybridized carbons (Fsp3) is 1.00. The van der Waals surface area contributed by atoms with Gasteiger partial charge in [-0.2, -0.15) is 0 Å². The molecule has 1 aliphatic heterocycles. The molecule has 1 saturated heterocycles. The Morgan fingerprint density at radius 1 is 1.31 bits per heavy atom. The first-order valence-electron chi connectivity index (χ1n) is 5.50. The lowest BCUT2D eigenvalue weighted by Crippen LogP contribution is -2.59. The standard InChI is InChI=1S/C10H20N2O/c13-8-7-12-6-5-11-9-3-1-2-4-10(9)12/h9-11,13H,1-8H2. The Bertz CT molecular complexity index is 159. The predicted molar refractivity (Wildman–Crippen MR) is 52.7 cm³/mol. The van der Waals surface area contributed by atoms with Gasteiger partial charge in [0.25, 0.3) is 0 Å². The number of nitrogens with one attached hydrogen (secondary N) is 1. The van der Waals surface area contributed by atoms with Gasteiger partial charge in [0.05, 0.1) is 6.61 Å². The average Bonchev–Trinajstić information content (AvgIpc) is 2.19. The molecule has 2 aliphatic rings. The van der Waals surface area contributed by atoms with Crippen molar-refractivity contribution in [2.75, 3.05) is 26.2 Å².